The highest BCUT2D eigenvalue weighted by Gasteiger charge is 2.26. The zero-order chi connectivity index (χ0) is 27.7. The lowest BCUT2D eigenvalue weighted by atomic mass is 10.1. The largest absolute Gasteiger partial charge is 0.378 e. The summed E-state index contributed by atoms with van der Waals surface area (Å²) in [6, 6.07) is 14.2. The summed E-state index contributed by atoms with van der Waals surface area (Å²) in [6.45, 7) is 5.34. The number of hydrogen-bond acceptors (Lipinski definition) is 7. The number of aldehydes is 1. The number of anilines is 3. The van der Waals surface area contributed by atoms with Crippen LogP contribution in [0.2, 0.25) is 0 Å². The Hall–Kier alpha value is -4.78. The molecule has 1 saturated heterocycles. The van der Waals surface area contributed by atoms with E-state index in [0.29, 0.717) is 48.8 Å². The molecular formula is C29H26F2N6O2. The lowest BCUT2D eigenvalue weighted by Crippen LogP contribution is -2.48. The number of para-hydroxylation sites is 1. The topological polar surface area (TPSA) is 93.7 Å². The number of nitrogens with one attached hydrogen (secondary N) is 1. The van der Waals surface area contributed by atoms with Gasteiger partial charge in [0.2, 0.25) is 0 Å². The minimum atomic E-state index is -0.640. The summed E-state index contributed by atoms with van der Waals surface area (Å²) in [6.07, 6.45) is 2.43. The fourth-order valence-corrected chi connectivity index (χ4v) is 4.98. The molecular weight excluding hydrogens is 502 g/mol. The van der Waals surface area contributed by atoms with Crippen LogP contribution in [0.25, 0.3) is 5.65 Å². The first-order valence-electron chi connectivity index (χ1n) is 12.5. The van der Waals surface area contributed by atoms with Gasteiger partial charge in [0, 0.05) is 55.3 Å². The molecule has 4 aromatic rings. The van der Waals surface area contributed by atoms with Gasteiger partial charge in [-0.25, -0.2) is 13.8 Å². The van der Waals surface area contributed by atoms with Gasteiger partial charge >= 0.3 is 0 Å². The van der Waals surface area contributed by atoms with Gasteiger partial charge in [-0.3, -0.25) is 14.0 Å². The Morgan fingerprint density at radius 1 is 1.08 bits per heavy atom. The van der Waals surface area contributed by atoms with Gasteiger partial charge in [0.05, 0.1) is 11.7 Å². The van der Waals surface area contributed by atoms with E-state index < -0.39 is 17.2 Å². The number of nitriles is 1. The summed E-state index contributed by atoms with van der Waals surface area (Å²) in [5, 5.41) is 13.3. The zero-order valence-corrected chi connectivity index (χ0v) is 21.5. The molecule has 1 aliphatic heterocycles. The summed E-state index contributed by atoms with van der Waals surface area (Å²) in [7, 11) is 0. The fraction of sp³-hybridized carbons (Fsp3) is 0.241. The molecule has 0 saturated carbocycles. The van der Waals surface area contributed by atoms with Crippen molar-refractivity contribution in [2.45, 2.75) is 19.9 Å². The van der Waals surface area contributed by atoms with E-state index in [4.69, 9.17) is 4.98 Å². The average Bonchev–Trinajstić information content (AvgIpc) is 2.93. The summed E-state index contributed by atoms with van der Waals surface area (Å²) in [5.41, 5.74) is 2.85. The van der Waals surface area contributed by atoms with Crippen LogP contribution < -0.4 is 20.7 Å². The molecule has 2 aromatic heterocycles. The highest BCUT2D eigenvalue weighted by Crippen LogP contribution is 2.28. The SMILES string of the molecule is Cc1cc(C(C)Nc2ccccc2C=O)c2nc(N3CCN(c4ccc(F)cc4F)CC3)c(C#N)c(=O)n2c1. The Kier molecular flexibility index (Phi) is 6.98. The fourth-order valence-electron chi connectivity index (χ4n) is 4.98. The van der Waals surface area contributed by atoms with Gasteiger partial charge < -0.3 is 15.1 Å². The highest BCUT2D eigenvalue weighted by atomic mass is 19.1. The maximum atomic E-state index is 14.3. The third-order valence-corrected chi connectivity index (χ3v) is 6.94. The Labute approximate surface area is 223 Å². The van der Waals surface area contributed by atoms with Crippen molar-refractivity contribution in [2.75, 3.05) is 41.3 Å². The van der Waals surface area contributed by atoms with Gasteiger partial charge in [0.1, 0.15) is 23.4 Å². The van der Waals surface area contributed by atoms with Gasteiger partial charge in [-0.15, -0.1) is 0 Å². The standard InChI is InChI=1S/C29H26F2N6O2/c1-18-13-22(19(2)33-25-6-4-3-5-20(25)17-38)28-34-27(23(15-32)29(39)37(28)16-18)36-11-9-35(10-12-36)26-8-7-21(30)14-24(26)31/h3-8,13-14,16-17,19,33H,9-12H2,1-2H3. The van der Waals surface area contributed by atoms with Gasteiger partial charge in [-0.2, -0.15) is 5.26 Å². The number of aryl methyl sites for hydroxylation is 1. The predicted octanol–water partition coefficient (Wildman–Crippen LogP) is 4.47. The molecule has 1 unspecified atom stereocenters. The lowest BCUT2D eigenvalue weighted by molar-refractivity contribution is 0.112. The maximum Gasteiger partial charge on any atom is 0.278 e. The number of carbonyl (C=O) groups excluding carboxylic acids is 1. The Balaban J connectivity index is 1.52. The monoisotopic (exact) mass is 528 g/mol. The average molecular weight is 529 g/mol. The number of halogens is 2. The Morgan fingerprint density at radius 3 is 2.49 bits per heavy atom. The molecule has 0 spiro atoms. The number of pyridine rings is 1. The van der Waals surface area contributed by atoms with Crippen LogP contribution in [0.1, 0.15) is 40.0 Å². The first kappa shape index (κ1) is 25.9. The van der Waals surface area contributed by atoms with Crippen LogP contribution in [0.5, 0.6) is 0 Å². The molecule has 0 radical (unpaired) electrons. The van der Waals surface area contributed by atoms with Crippen LogP contribution >= 0.6 is 0 Å². The quantitative estimate of drug-likeness (QED) is 0.369. The summed E-state index contributed by atoms with van der Waals surface area (Å²) in [4.78, 5) is 33.5. The zero-order valence-electron chi connectivity index (χ0n) is 21.5. The third kappa shape index (κ3) is 4.91. The molecule has 1 atom stereocenters. The van der Waals surface area contributed by atoms with E-state index in [2.05, 4.69) is 5.32 Å². The Bertz CT molecular complexity index is 1670. The van der Waals surface area contributed by atoms with Crippen molar-refractivity contribution in [3.63, 3.8) is 0 Å². The molecule has 39 heavy (non-hydrogen) atoms. The first-order chi connectivity index (χ1) is 18.8. The highest BCUT2D eigenvalue weighted by molar-refractivity contribution is 5.84. The number of aromatic nitrogens is 2. The molecule has 10 heteroatoms. The number of hydrogen-bond donors (Lipinski definition) is 1. The molecule has 8 nitrogen and oxygen atoms in total. The number of carbonyl (C=O) groups is 1. The minimum absolute atomic E-state index is 0.0719. The van der Waals surface area contributed by atoms with Gasteiger partial charge in [0.15, 0.2) is 17.7 Å². The van der Waals surface area contributed by atoms with Crippen LogP contribution in [0.4, 0.5) is 26.0 Å². The van der Waals surface area contributed by atoms with Crippen LogP contribution in [0.15, 0.2) is 59.5 Å². The molecule has 0 bridgehead atoms. The van der Waals surface area contributed by atoms with Crippen LogP contribution in [0.3, 0.4) is 0 Å². The normalized spacial score (nSPS) is 14.2. The second-order valence-corrected chi connectivity index (χ2v) is 9.53. The molecule has 1 aliphatic rings. The van der Waals surface area contributed by atoms with Crippen molar-refractivity contribution < 1.29 is 13.6 Å². The number of fused-ring (bicyclic) bond motifs is 1. The molecule has 1 N–H and O–H groups in total. The summed E-state index contributed by atoms with van der Waals surface area (Å²) < 4.78 is 29.1. The lowest BCUT2D eigenvalue weighted by Gasteiger charge is -2.37. The molecule has 2 aromatic carbocycles. The van der Waals surface area contributed by atoms with Crippen molar-refractivity contribution in [2.24, 2.45) is 0 Å². The summed E-state index contributed by atoms with van der Waals surface area (Å²) in [5.74, 6) is -1.01. The van der Waals surface area contributed by atoms with E-state index in [9.17, 15) is 23.6 Å². The number of benzene rings is 2. The Morgan fingerprint density at radius 2 is 1.79 bits per heavy atom. The molecule has 0 amide bonds. The van der Waals surface area contributed by atoms with E-state index in [1.165, 1.54) is 16.5 Å². The smallest absolute Gasteiger partial charge is 0.278 e. The van der Waals surface area contributed by atoms with Crippen molar-refractivity contribution in [3.8, 4) is 6.07 Å². The molecule has 0 aliphatic carbocycles. The van der Waals surface area contributed by atoms with Crippen LogP contribution in [0, 0.1) is 29.9 Å². The first-order valence-corrected chi connectivity index (χ1v) is 12.5. The molecule has 5 rings (SSSR count). The molecule has 198 valence electrons. The number of piperazine rings is 1. The second kappa shape index (κ2) is 10.5. The van der Waals surface area contributed by atoms with Crippen molar-refractivity contribution in [3.05, 3.63) is 99.0 Å². The molecule has 1 fully saturated rings. The van der Waals surface area contributed by atoms with E-state index in [0.717, 1.165) is 23.5 Å². The summed E-state index contributed by atoms with van der Waals surface area (Å²) >= 11 is 0. The van der Waals surface area contributed by atoms with Gasteiger partial charge in [-0.1, -0.05) is 12.1 Å². The van der Waals surface area contributed by atoms with E-state index >= 15 is 0 Å². The number of nitrogens with zero attached hydrogens (tertiary/aromatic N) is 5. The van der Waals surface area contributed by atoms with E-state index in [1.54, 1.807) is 29.3 Å². The van der Waals surface area contributed by atoms with E-state index in [-0.39, 0.29) is 17.4 Å². The molecule has 3 heterocycles. The maximum absolute atomic E-state index is 14.3. The van der Waals surface area contributed by atoms with Crippen molar-refractivity contribution in [1.29, 1.82) is 5.26 Å². The van der Waals surface area contributed by atoms with Gasteiger partial charge in [0.25, 0.3) is 5.56 Å². The van der Waals surface area contributed by atoms with Crippen molar-refractivity contribution in [1.82, 2.24) is 9.38 Å². The van der Waals surface area contributed by atoms with Crippen LogP contribution in [-0.4, -0.2) is 41.8 Å². The van der Waals surface area contributed by atoms with E-state index in [1.807, 2.05) is 36.9 Å². The number of rotatable bonds is 6. The third-order valence-electron chi connectivity index (χ3n) is 6.94. The minimum Gasteiger partial charge on any atom is -0.378 e. The van der Waals surface area contributed by atoms with Crippen LogP contribution in [-0.2, 0) is 0 Å². The second-order valence-electron chi connectivity index (χ2n) is 9.53. The van der Waals surface area contributed by atoms with Gasteiger partial charge in [-0.05, 0) is 49.7 Å². The van der Waals surface area contributed by atoms with Crippen molar-refractivity contribution >= 4 is 29.1 Å². The predicted molar refractivity (Wildman–Crippen MR) is 146 cm³/mol.